The van der Waals surface area contributed by atoms with Crippen LogP contribution < -0.4 is 19.5 Å². The molecule has 0 aliphatic heterocycles. The molecule has 3 aromatic rings. The van der Waals surface area contributed by atoms with Gasteiger partial charge in [-0.1, -0.05) is 30.9 Å². The van der Waals surface area contributed by atoms with E-state index in [9.17, 15) is 4.79 Å². The number of carbonyl (C=O) groups excluding carboxylic acids is 1. The topological polar surface area (TPSA) is 95.7 Å². The Labute approximate surface area is 175 Å². The molecule has 0 spiro atoms. The molecule has 0 aliphatic carbocycles. The van der Waals surface area contributed by atoms with Crippen LogP contribution in [-0.2, 0) is 0 Å². The number of amides is 1. The molecule has 3 rings (SSSR count). The van der Waals surface area contributed by atoms with Crippen LogP contribution in [0.1, 0.15) is 36.5 Å². The largest absolute Gasteiger partial charge is 0.497 e. The lowest BCUT2D eigenvalue weighted by Crippen LogP contribution is -2.12. The number of carbonyl (C=O) groups is 1. The van der Waals surface area contributed by atoms with E-state index < -0.39 is 0 Å². The van der Waals surface area contributed by atoms with Crippen LogP contribution in [0.3, 0.4) is 0 Å². The average Bonchev–Trinajstić information content (AvgIpc) is 3.24. The Bertz CT molecular complexity index is 986. The van der Waals surface area contributed by atoms with Crippen LogP contribution in [0.15, 0.2) is 46.9 Å². The molecule has 8 heteroatoms. The molecular weight excluding hydrogens is 386 g/mol. The average molecular weight is 411 g/mol. The Hall–Kier alpha value is -3.55. The Balaban J connectivity index is 1.70. The third-order valence-electron chi connectivity index (χ3n) is 4.40. The van der Waals surface area contributed by atoms with Gasteiger partial charge >= 0.3 is 6.01 Å². The van der Waals surface area contributed by atoms with Crippen molar-refractivity contribution in [1.82, 2.24) is 10.2 Å². The zero-order chi connectivity index (χ0) is 21.3. The molecule has 1 heterocycles. The number of benzene rings is 2. The highest BCUT2D eigenvalue weighted by Gasteiger charge is 2.17. The second-order valence-corrected chi connectivity index (χ2v) is 6.52. The fourth-order valence-corrected chi connectivity index (χ4v) is 2.80. The summed E-state index contributed by atoms with van der Waals surface area (Å²) in [6, 6.07) is 12.2. The number of nitrogens with zero attached hydrogens (tertiary/aromatic N) is 2. The molecule has 0 unspecified atom stereocenters. The first-order chi connectivity index (χ1) is 14.6. The summed E-state index contributed by atoms with van der Waals surface area (Å²) in [7, 11) is 3.11. The van der Waals surface area contributed by atoms with E-state index in [-0.39, 0.29) is 17.8 Å². The summed E-state index contributed by atoms with van der Waals surface area (Å²) in [5.74, 6) is 1.64. The third-order valence-corrected chi connectivity index (χ3v) is 4.40. The van der Waals surface area contributed by atoms with Crippen LogP contribution in [0.4, 0.5) is 6.01 Å². The number of rotatable bonds is 10. The number of hydrogen-bond donors (Lipinski definition) is 1. The van der Waals surface area contributed by atoms with Crippen molar-refractivity contribution in [3.8, 4) is 28.7 Å². The quantitative estimate of drug-likeness (QED) is 0.488. The Morgan fingerprint density at radius 1 is 1.03 bits per heavy atom. The van der Waals surface area contributed by atoms with Crippen molar-refractivity contribution in [3.63, 3.8) is 0 Å². The van der Waals surface area contributed by atoms with E-state index in [4.69, 9.17) is 18.6 Å². The number of hydrogen-bond acceptors (Lipinski definition) is 7. The molecule has 8 nitrogen and oxygen atoms in total. The number of anilines is 1. The van der Waals surface area contributed by atoms with Gasteiger partial charge in [0, 0.05) is 5.56 Å². The summed E-state index contributed by atoms with van der Waals surface area (Å²) >= 11 is 0. The zero-order valence-electron chi connectivity index (χ0n) is 17.3. The molecule has 0 bridgehead atoms. The lowest BCUT2D eigenvalue weighted by Gasteiger charge is -2.08. The molecule has 1 N–H and O–H groups in total. The number of nitrogens with one attached hydrogen (secondary N) is 1. The van der Waals surface area contributed by atoms with Crippen molar-refractivity contribution in [2.75, 3.05) is 26.1 Å². The first-order valence-electron chi connectivity index (χ1n) is 9.74. The second kappa shape index (κ2) is 10.3. The van der Waals surface area contributed by atoms with Gasteiger partial charge in [0.2, 0.25) is 0 Å². The summed E-state index contributed by atoms with van der Waals surface area (Å²) in [5, 5.41) is 10.5. The molecule has 0 aliphatic rings. The predicted molar refractivity (Wildman–Crippen MR) is 112 cm³/mol. The number of aromatic nitrogens is 2. The van der Waals surface area contributed by atoms with Crippen LogP contribution >= 0.6 is 0 Å². The van der Waals surface area contributed by atoms with Gasteiger partial charge in [0.1, 0.15) is 17.2 Å². The SMILES string of the molecule is CCCCCOc1cccc(C(=O)Nc2nnc(-c3cc(OC)ccc3OC)o2)c1. The second-order valence-electron chi connectivity index (χ2n) is 6.52. The minimum absolute atomic E-state index is 0.0193. The first kappa shape index (κ1) is 21.2. The minimum Gasteiger partial charge on any atom is -0.497 e. The van der Waals surface area contributed by atoms with Crippen molar-refractivity contribution >= 4 is 11.9 Å². The molecule has 0 saturated carbocycles. The van der Waals surface area contributed by atoms with E-state index in [1.807, 2.05) is 6.07 Å². The van der Waals surface area contributed by atoms with Crippen molar-refractivity contribution in [1.29, 1.82) is 0 Å². The molecule has 0 radical (unpaired) electrons. The van der Waals surface area contributed by atoms with E-state index in [2.05, 4.69) is 22.4 Å². The Morgan fingerprint density at radius 3 is 2.67 bits per heavy atom. The highest BCUT2D eigenvalue weighted by atomic mass is 16.5. The standard InChI is InChI=1S/C22H25N3O5/c1-4-5-6-12-29-17-9-7-8-15(13-17)20(26)23-22-25-24-21(30-22)18-14-16(27-2)10-11-19(18)28-3/h7-11,13-14H,4-6,12H2,1-3H3,(H,23,25,26). The number of methoxy groups -OCH3 is 2. The smallest absolute Gasteiger partial charge is 0.322 e. The van der Waals surface area contributed by atoms with Crippen LogP contribution in [0.5, 0.6) is 17.2 Å². The number of ether oxygens (including phenoxy) is 3. The summed E-state index contributed by atoms with van der Waals surface area (Å²) in [6.07, 6.45) is 3.21. The molecule has 0 fully saturated rings. The lowest BCUT2D eigenvalue weighted by atomic mass is 10.2. The molecular formula is C22H25N3O5. The Kier molecular flexibility index (Phi) is 7.26. The predicted octanol–water partition coefficient (Wildman–Crippen LogP) is 4.58. The summed E-state index contributed by atoms with van der Waals surface area (Å²) in [6.45, 7) is 2.76. The van der Waals surface area contributed by atoms with E-state index in [0.717, 1.165) is 19.3 Å². The number of unbranched alkanes of at least 4 members (excludes halogenated alkanes) is 2. The molecule has 1 amide bonds. The van der Waals surface area contributed by atoms with E-state index >= 15 is 0 Å². The Morgan fingerprint density at radius 2 is 1.90 bits per heavy atom. The van der Waals surface area contributed by atoms with Gasteiger partial charge in [-0.15, -0.1) is 5.10 Å². The highest BCUT2D eigenvalue weighted by Crippen LogP contribution is 2.33. The molecule has 158 valence electrons. The molecule has 1 aromatic heterocycles. The van der Waals surface area contributed by atoms with Crippen molar-refractivity contribution in [2.45, 2.75) is 26.2 Å². The van der Waals surface area contributed by atoms with Crippen LogP contribution in [0.25, 0.3) is 11.5 Å². The monoisotopic (exact) mass is 411 g/mol. The van der Waals surface area contributed by atoms with Crippen molar-refractivity contribution in [3.05, 3.63) is 48.0 Å². The fraction of sp³-hybridized carbons (Fsp3) is 0.318. The van der Waals surface area contributed by atoms with E-state index in [1.54, 1.807) is 50.6 Å². The zero-order valence-corrected chi connectivity index (χ0v) is 17.3. The lowest BCUT2D eigenvalue weighted by molar-refractivity contribution is 0.102. The van der Waals surface area contributed by atoms with Gasteiger partial charge in [-0.3, -0.25) is 10.1 Å². The van der Waals surface area contributed by atoms with Crippen LogP contribution in [-0.4, -0.2) is 36.9 Å². The molecule has 2 aromatic carbocycles. The summed E-state index contributed by atoms with van der Waals surface area (Å²) < 4.78 is 21.9. The van der Waals surface area contributed by atoms with Gasteiger partial charge < -0.3 is 18.6 Å². The van der Waals surface area contributed by atoms with Gasteiger partial charge in [0.25, 0.3) is 11.8 Å². The maximum absolute atomic E-state index is 12.6. The molecule has 0 atom stereocenters. The van der Waals surface area contributed by atoms with Gasteiger partial charge in [-0.25, -0.2) is 0 Å². The maximum atomic E-state index is 12.6. The summed E-state index contributed by atoms with van der Waals surface area (Å²) in [4.78, 5) is 12.6. The van der Waals surface area contributed by atoms with Crippen molar-refractivity contribution in [2.24, 2.45) is 0 Å². The first-order valence-corrected chi connectivity index (χ1v) is 9.74. The third kappa shape index (κ3) is 5.28. The van der Waals surface area contributed by atoms with E-state index in [1.165, 1.54) is 0 Å². The summed E-state index contributed by atoms with van der Waals surface area (Å²) in [5.41, 5.74) is 0.994. The maximum Gasteiger partial charge on any atom is 0.322 e. The van der Waals surface area contributed by atoms with Gasteiger partial charge in [-0.05, 0) is 42.8 Å². The van der Waals surface area contributed by atoms with Crippen LogP contribution in [0.2, 0.25) is 0 Å². The van der Waals surface area contributed by atoms with Gasteiger partial charge in [-0.2, -0.15) is 0 Å². The van der Waals surface area contributed by atoms with Gasteiger partial charge in [0.15, 0.2) is 0 Å². The minimum atomic E-state index is -0.373. The van der Waals surface area contributed by atoms with Gasteiger partial charge in [0.05, 0.1) is 26.4 Å². The highest BCUT2D eigenvalue weighted by molar-refractivity contribution is 6.03. The molecule has 30 heavy (non-hydrogen) atoms. The van der Waals surface area contributed by atoms with Crippen molar-refractivity contribution < 1.29 is 23.4 Å². The fourth-order valence-electron chi connectivity index (χ4n) is 2.80. The normalized spacial score (nSPS) is 10.5. The van der Waals surface area contributed by atoms with E-state index in [0.29, 0.717) is 35.0 Å². The molecule has 0 saturated heterocycles. The van der Waals surface area contributed by atoms with Crippen LogP contribution in [0, 0.1) is 0 Å².